The second-order valence-corrected chi connectivity index (χ2v) is 10.1. The number of hydrogen-bond acceptors (Lipinski definition) is 3. The molecule has 0 spiro atoms. The Morgan fingerprint density at radius 1 is 1.19 bits per heavy atom. The highest BCUT2D eigenvalue weighted by atomic mass is 32.2. The van der Waals surface area contributed by atoms with Crippen molar-refractivity contribution in [3.8, 4) is 0 Å². The van der Waals surface area contributed by atoms with E-state index in [9.17, 15) is 13.2 Å². The highest BCUT2D eigenvalue weighted by Gasteiger charge is 2.52. The molecule has 0 radical (unpaired) electrons. The molecular weight excluding hydrogens is 290 g/mol. The molecule has 1 atom stereocenters. The molecule has 0 aromatic rings. The summed E-state index contributed by atoms with van der Waals surface area (Å²) in [6.45, 7) is 1.75. The predicted octanol–water partition coefficient (Wildman–Crippen LogP) is 1.94. The minimum Gasteiger partial charge on any atom is -0.480 e. The van der Waals surface area contributed by atoms with Crippen LogP contribution < -0.4 is 0 Å². The van der Waals surface area contributed by atoms with Crippen LogP contribution >= 0.6 is 0 Å². The van der Waals surface area contributed by atoms with Crippen LogP contribution in [0.4, 0.5) is 0 Å². The topological polar surface area (TPSA) is 74.7 Å². The van der Waals surface area contributed by atoms with Gasteiger partial charge in [-0.1, -0.05) is 0 Å². The molecule has 4 saturated carbocycles. The summed E-state index contributed by atoms with van der Waals surface area (Å²) in [6, 6.07) is 0. The number of carboxylic acids is 1. The van der Waals surface area contributed by atoms with Gasteiger partial charge in [0.05, 0.1) is 0 Å². The van der Waals surface area contributed by atoms with E-state index in [4.69, 9.17) is 5.11 Å². The van der Waals surface area contributed by atoms with E-state index in [1.54, 1.807) is 7.05 Å². The summed E-state index contributed by atoms with van der Waals surface area (Å²) in [5.41, 5.74) is 0.106. The molecule has 0 amide bonds. The summed E-state index contributed by atoms with van der Waals surface area (Å²) in [4.78, 5) is 11.0. The van der Waals surface area contributed by atoms with Gasteiger partial charge < -0.3 is 5.11 Å². The van der Waals surface area contributed by atoms with E-state index in [0.717, 1.165) is 37.0 Å². The molecule has 1 unspecified atom stereocenters. The average molecular weight is 315 g/mol. The van der Waals surface area contributed by atoms with Crippen molar-refractivity contribution in [2.75, 3.05) is 13.6 Å². The normalized spacial score (nSPS) is 39.7. The summed E-state index contributed by atoms with van der Waals surface area (Å²) < 4.78 is 26.0. The lowest BCUT2D eigenvalue weighted by Gasteiger charge is -2.57. The zero-order chi connectivity index (χ0) is 15.4. The standard InChI is InChI=1S/C15H25NO4S/c1-10(14(17)18)21(19,20)16(2)9-15-6-11-3-12(7-15)5-13(4-11)8-15/h10-13H,3-9H2,1-2H3,(H,17,18). The quantitative estimate of drug-likeness (QED) is 0.841. The van der Waals surface area contributed by atoms with Gasteiger partial charge in [-0.05, 0) is 68.6 Å². The van der Waals surface area contributed by atoms with Crippen molar-refractivity contribution >= 4 is 16.0 Å². The van der Waals surface area contributed by atoms with Gasteiger partial charge in [0.2, 0.25) is 10.0 Å². The first-order chi connectivity index (χ1) is 9.72. The zero-order valence-electron chi connectivity index (χ0n) is 12.8. The zero-order valence-corrected chi connectivity index (χ0v) is 13.6. The first kappa shape index (κ1) is 15.3. The number of hydrogen-bond donors (Lipinski definition) is 1. The van der Waals surface area contributed by atoms with Gasteiger partial charge in [-0.25, -0.2) is 12.7 Å². The summed E-state index contributed by atoms with van der Waals surface area (Å²) in [5.74, 6) is 1.03. The first-order valence-corrected chi connectivity index (χ1v) is 9.40. The van der Waals surface area contributed by atoms with Crippen molar-refractivity contribution in [3.63, 3.8) is 0 Å². The smallest absolute Gasteiger partial charge is 0.323 e. The van der Waals surface area contributed by atoms with Crippen LogP contribution in [0.2, 0.25) is 0 Å². The molecule has 6 heteroatoms. The number of rotatable bonds is 5. The SMILES string of the molecule is CC(C(=O)O)S(=O)(=O)N(C)CC12CC3CC(CC(C3)C1)C2. The summed E-state index contributed by atoms with van der Waals surface area (Å²) in [6.07, 6.45) is 7.34. The van der Waals surface area contributed by atoms with Crippen molar-refractivity contribution in [2.45, 2.75) is 50.7 Å². The molecule has 0 aromatic carbocycles. The number of aliphatic carboxylic acids is 1. The third-order valence-electron chi connectivity index (χ3n) is 5.95. The van der Waals surface area contributed by atoms with Gasteiger partial charge in [0.15, 0.2) is 5.25 Å². The second kappa shape index (κ2) is 4.95. The Morgan fingerprint density at radius 3 is 2.00 bits per heavy atom. The Hall–Kier alpha value is -0.620. The summed E-state index contributed by atoms with van der Waals surface area (Å²) in [5, 5.41) is 7.63. The predicted molar refractivity (Wildman–Crippen MR) is 79.3 cm³/mol. The highest BCUT2D eigenvalue weighted by Crippen LogP contribution is 2.60. The second-order valence-electron chi connectivity index (χ2n) is 7.70. The largest absolute Gasteiger partial charge is 0.480 e. The maximum Gasteiger partial charge on any atom is 0.323 e. The molecular formula is C15H25NO4S. The molecule has 4 bridgehead atoms. The van der Waals surface area contributed by atoms with Crippen molar-refractivity contribution in [1.29, 1.82) is 0 Å². The van der Waals surface area contributed by atoms with Crippen molar-refractivity contribution in [2.24, 2.45) is 23.2 Å². The lowest BCUT2D eigenvalue weighted by atomic mass is 9.49. The Morgan fingerprint density at radius 2 is 1.62 bits per heavy atom. The Labute approximate surface area is 126 Å². The van der Waals surface area contributed by atoms with Gasteiger partial charge in [0.1, 0.15) is 0 Å². The van der Waals surface area contributed by atoms with Crippen LogP contribution in [0.15, 0.2) is 0 Å². The number of carboxylic acid groups (broad SMARTS) is 1. The van der Waals surface area contributed by atoms with Crippen LogP contribution in [-0.2, 0) is 14.8 Å². The van der Waals surface area contributed by atoms with Crippen molar-refractivity contribution in [3.05, 3.63) is 0 Å². The van der Waals surface area contributed by atoms with E-state index < -0.39 is 21.2 Å². The molecule has 4 aliphatic rings. The van der Waals surface area contributed by atoms with E-state index >= 15 is 0 Å². The third kappa shape index (κ3) is 2.61. The molecule has 4 fully saturated rings. The van der Waals surface area contributed by atoms with Crippen LogP contribution in [-0.4, -0.2) is 42.6 Å². The van der Waals surface area contributed by atoms with Crippen LogP contribution in [0.3, 0.4) is 0 Å². The molecule has 0 aliphatic heterocycles. The van der Waals surface area contributed by atoms with Gasteiger partial charge in [-0.15, -0.1) is 0 Å². The lowest BCUT2D eigenvalue weighted by molar-refractivity contribution is -0.136. The molecule has 120 valence electrons. The fourth-order valence-corrected chi connectivity index (χ4v) is 6.69. The van der Waals surface area contributed by atoms with Crippen LogP contribution in [0, 0.1) is 23.2 Å². The molecule has 0 aromatic heterocycles. The molecule has 5 nitrogen and oxygen atoms in total. The van der Waals surface area contributed by atoms with Crippen LogP contribution in [0.5, 0.6) is 0 Å². The van der Waals surface area contributed by atoms with Crippen LogP contribution in [0.1, 0.15) is 45.4 Å². The van der Waals surface area contributed by atoms with E-state index in [0.29, 0.717) is 6.54 Å². The molecule has 0 heterocycles. The van der Waals surface area contributed by atoms with Crippen molar-refractivity contribution < 1.29 is 18.3 Å². The van der Waals surface area contributed by atoms with Crippen molar-refractivity contribution in [1.82, 2.24) is 4.31 Å². The summed E-state index contributed by atoms with van der Waals surface area (Å²) in [7, 11) is -2.20. The molecule has 4 rings (SSSR count). The van der Waals surface area contributed by atoms with E-state index in [-0.39, 0.29) is 5.41 Å². The van der Waals surface area contributed by atoms with Gasteiger partial charge in [-0.3, -0.25) is 4.79 Å². The van der Waals surface area contributed by atoms with Gasteiger partial charge >= 0.3 is 5.97 Å². The Balaban J connectivity index is 1.76. The molecule has 21 heavy (non-hydrogen) atoms. The number of sulfonamides is 1. The summed E-state index contributed by atoms with van der Waals surface area (Å²) >= 11 is 0. The lowest BCUT2D eigenvalue weighted by Crippen LogP contribution is -2.52. The monoisotopic (exact) mass is 315 g/mol. The maximum absolute atomic E-state index is 12.3. The molecule has 4 aliphatic carbocycles. The average Bonchev–Trinajstić information content (AvgIpc) is 2.35. The van der Waals surface area contributed by atoms with E-state index in [1.165, 1.54) is 30.5 Å². The van der Waals surface area contributed by atoms with Gasteiger partial charge in [0.25, 0.3) is 0 Å². The fraction of sp³-hybridized carbons (Fsp3) is 0.933. The van der Waals surface area contributed by atoms with E-state index in [1.807, 2.05) is 0 Å². The fourth-order valence-electron chi connectivity index (χ4n) is 5.44. The Bertz CT molecular complexity index is 507. The van der Waals surface area contributed by atoms with E-state index in [2.05, 4.69) is 0 Å². The van der Waals surface area contributed by atoms with Gasteiger partial charge in [0, 0.05) is 13.6 Å². The minimum absolute atomic E-state index is 0.106. The Kier molecular flexibility index (Phi) is 3.60. The minimum atomic E-state index is -3.75. The van der Waals surface area contributed by atoms with Crippen LogP contribution in [0.25, 0.3) is 0 Å². The third-order valence-corrected chi connectivity index (χ3v) is 8.05. The molecule has 0 saturated heterocycles. The molecule has 1 N–H and O–H groups in total. The van der Waals surface area contributed by atoms with Gasteiger partial charge in [-0.2, -0.15) is 0 Å². The highest BCUT2D eigenvalue weighted by molar-refractivity contribution is 7.90. The number of nitrogens with zero attached hydrogens (tertiary/aromatic N) is 1. The maximum atomic E-state index is 12.3. The number of carbonyl (C=O) groups is 1. The first-order valence-electron chi connectivity index (χ1n) is 7.90.